The van der Waals surface area contributed by atoms with Gasteiger partial charge in [0.1, 0.15) is 0 Å². The van der Waals surface area contributed by atoms with Crippen molar-refractivity contribution in [3.63, 3.8) is 0 Å². The number of piperazine rings is 1. The minimum absolute atomic E-state index is 0.0974. The van der Waals surface area contributed by atoms with E-state index in [1.54, 1.807) is 0 Å². The van der Waals surface area contributed by atoms with Gasteiger partial charge in [0.25, 0.3) is 0 Å². The maximum absolute atomic E-state index is 12.4. The van der Waals surface area contributed by atoms with Crippen LogP contribution in [0, 0.1) is 0 Å². The smallest absolute Gasteiger partial charge is 0.239 e. The fourth-order valence-electron chi connectivity index (χ4n) is 3.83. The summed E-state index contributed by atoms with van der Waals surface area (Å²) in [6, 6.07) is 0.830. The van der Waals surface area contributed by atoms with Crippen molar-refractivity contribution in [3.8, 4) is 0 Å². The highest BCUT2D eigenvalue weighted by Crippen LogP contribution is 2.29. The van der Waals surface area contributed by atoms with E-state index in [1.807, 2.05) is 11.9 Å². The highest BCUT2D eigenvalue weighted by Gasteiger charge is 2.40. The molecule has 110 valence electrons. The predicted octanol–water partition coefficient (Wildman–Crippen LogP) is 1.62. The van der Waals surface area contributed by atoms with Crippen LogP contribution in [0.5, 0.6) is 0 Å². The fraction of sp³-hybridized carbons (Fsp3) is 0.933. The average Bonchev–Trinajstić information content (AvgIpc) is 2.65. The minimum Gasteiger partial charge on any atom is -0.396 e. The predicted molar refractivity (Wildman–Crippen MR) is 75.9 cm³/mol. The quantitative estimate of drug-likeness (QED) is 0.791. The number of aliphatic hydroxyl groups excluding tert-OH is 1. The van der Waals surface area contributed by atoms with Crippen LogP contribution >= 0.6 is 0 Å². The molecule has 2 rings (SSSR count). The molecular formula is C15H28N2O2. The highest BCUT2D eigenvalue weighted by molar-refractivity contribution is 5.82. The van der Waals surface area contributed by atoms with Gasteiger partial charge in [0.15, 0.2) is 0 Å². The molecule has 0 aromatic rings. The van der Waals surface area contributed by atoms with Gasteiger partial charge in [-0.3, -0.25) is 9.69 Å². The maximum Gasteiger partial charge on any atom is 0.239 e. The van der Waals surface area contributed by atoms with Crippen LogP contribution in [0.2, 0.25) is 0 Å². The Bertz CT molecular complexity index is 301. The number of nitrogens with zero attached hydrogens (tertiary/aromatic N) is 2. The van der Waals surface area contributed by atoms with E-state index in [2.05, 4.69) is 11.8 Å². The third-order valence-electron chi connectivity index (χ3n) is 4.72. The van der Waals surface area contributed by atoms with Crippen molar-refractivity contribution < 1.29 is 9.90 Å². The van der Waals surface area contributed by atoms with Crippen molar-refractivity contribution in [1.82, 2.24) is 9.80 Å². The molecule has 0 bridgehead atoms. The Hall–Kier alpha value is -0.610. The summed E-state index contributed by atoms with van der Waals surface area (Å²) in [6.07, 6.45) is 8.22. The maximum atomic E-state index is 12.4. The summed E-state index contributed by atoms with van der Waals surface area (Å²) in [4.78, 5) is 16.6. The van der Waals surface area contributed by atoms with Crippen molar-refractivity contribution in [3.05, 3.63) is 0 Å². The number of hydrogen-bond acceptors (Lipinski definition) is 3. The zero-order chi connectivity index (χ0) is 13.8. The summed E-state index contributed by atoms with van der Waals surface area (Å²) < 4.78 is 0. The largest absolute Gasteiger partial charge is 0.396 e. The van der Waals surface area contributed by atoms with Gasteiger partial charge in [-0.05, 0) is 26.2 Å². The topological polar surface area (TPSA) is 43.8 Å². The molecule has 2 aliphatic rings. The van der Waals surface area contributed by atoms with Crippen LogP contribution in [0.3, 0.4) is 0 Å². The van der Waals surface area contributed by atoms with E-state index in [0.717, 1.165) is 6.54 Å². The number of rotatable bonds is 3. The number of aliphatic hydroxyl groups is 1. The first-order valence-electron chi connectivity index (χ1n) is 7.78. The van der Waals surface area contributed by atoms with Crippen LogP contribution < -0.4 is 0 Å². The first-order valence-corrected chi connectivity index (χ1v) is 7.78. The Morgan fingerprint density at radius 2 is 1.84 bits per heavy atom. The molecule has 1 aliphatic heterocycles. The van der Waals surface area contributed by atoms with Crippen molar-refractivity contribution in [1.29, 1.82) is 0 Å². The summed E-state index contributed by atoms with van der Waals surface area (Å²) in [5.41, 5.74) is 0. The van der Waals surface area contributed by atoms with E-state index in [0.29, 0.717) is 18.5 Å². The second-order valence-electron chi connectivity index (χ2n) is 6.19. The van der Waals surface area contributed by atoms with Crippen LogP contribution in [-0.2, 0) is 4.79 Å². The molecule has 1 amide bonds. The molecule has 0 spiro atoms. The zero-order valence-electron chi connectivity index (χ0n) is 12.3. The minimum atomic E-state index is -0.109. The summed E-state index contributed by atoms with van der Waals surface area (Å²) in [5, 5.41) is 9.28. The molecular weight excluding hydrogens is 240 g/mol. The molecule has 1 saturated heterocycles. The second-order valence-corrected chi connectivity index (χ2v) is 6.19. The van der Waals surface area contributed by atoms with Crippen LogP contribution in [-0.4, -0.2) is 59.1 Å². The van der Waals surface area contributed by atoms with Gasteiger partial charge < -0.3 is 10.0 Å². The second kappa shape index (κ2) is 6.71. The highest BCUT2D eigenvalue weighted by atomic mass is 16.3. The molecule has 2 unspecified atom stereocenters. The lowest BCUT2D eigenvalue weighted by atomic mass is 9.96. The molecule has 1 saturated carbocycles. The van der Waals surface area contributed by atoms with Crippen molar-refractivity contribution in [2.45, 2.75) is 70.0 Å². The van der Waals surface area contributed by atoms with Crippen LogP contribution in [0.1, 0.15) is 51.9 Å². The monoisotopic (exact) mass is 268 g/mol. The van der Waals surface area contributed by atoms with Crippen molar-refractivity contribution in [2.75, 3.05) is 20.2 Å². The van der Waals surface area contributed by atoms with Gasteiger partial charge >= 0.3 is 0 Å². The molecule has 4 heteroatoms. The zero-order valence-corrected chi connectivity index (χ0v) is 12.3. The van der Waals surface area contributed by atoms with Gasteiger partial charge in [0.05, 0.1) is 6.04 Å². The van der Waals surface area contributed by atoms with Gasteiger partial charge in [0.2, 0.25) is 5.91 Å². The number of hydrogen-bond donors (Lipinski definition) is 1. The third-order valence-corrected chi connectivity index (χ3v) is 4.72. The van der Waals surface area contributed by atoms with E-state index in [-0.39, 0.29) is 18.6 Å². The molecule has 4 nitrogen and oxygen atoms in total. The summed E-state index contributed by atoms with van der Waals surface area (Å²) in [5.74, 6) is 0.191. The third kappa shape index (κ3) is 3.29. The summed E-state index contributed by atoms with van der Waals surface area (Å²) in [7, 11) is 1.88. The molecule has 0 radical (unpaired) electrons. The molecule has 1 aliphatic carbocycles. The molecule has 0 aromatic heterocycles. The van der Waals surface area contributed by atoms with Gasteiger partial charge in [-0.25, -0.2) is 0 Å². The SMILES string of the molecule is CC1CN(C)C(=O)C(CCO)N1C1CCCCCC1. The van der Waals surface area contributed by atoms with Crippen LogP contribution in [0.25, 0.3) is 0 Å². The Kier molecular flexibility index (Phi) is 5.22. The lowest BCUT2D eigenvalue weighted by Crippen LogP contribution is -2.62. The summed E-state index contributed by atoms with van der Waals surface area (Å²) >= 11 is 0. The molecule has 2 atom stereocenters. The van der Waals surface area contributed by atoms with Crippen molar-refractivity contribution >= 4 is 5.91 Å². The van der Waals surface area contributed by atoms with E-state index in [1.165, 1.54) is 38.5 Å². The van der Waals surface area contributed by atoms with E-state index in [4.69, 9.17) is 0 Å². The number of carbonyl (C=O) groups is 1. The first kappa shape index (κ1) is 14.8. The van der Waals surface area contributed by atoms with E-state index >= 15 is 0 Å². The molecule has 0 aromatic carbocycles. The lowest BCUT2D eigenvalue weighted by molar-refractivity contribution is -0.146. The Labute approximate surface area is 116 Å². The fourth-order valence-corrected chi connectivity index (χ4v) is 3.83. The lowest BCUT2D eigenvalue weighted by Gasteiger charge is -2.47. The van der Waals surface area contributed by atoms with Gasteiger partial charge in [0, 0.05) is 32.3 Å². The Morgan fingerprint density at radius 1 is 1.21 bits per heavy atom. The number of amides is 1. The first-order chi connectivity index (χ1) is 9.15. The van der Waals surface area contributed by atoms with Gasteiger partial charge in [-0.2, -0.15) is 0 Å². The van der Waals surface area contributed by atoms with E-state index in [9.17, 15) is 9.90 Å². The van der Waals surface area contributed by atoms with Gasteiger partial charge in [-0.15, -0.1) is 0 Å². The number of carbonyl (C=O) groups excluding carboxylic acids is 1. The molecule has 19 heavy (non-hydrogen) atoms. The molecule has 2 fully saturated rings. The standard InChI is InChI=1S/C15H28N2O2/c1-12-11-16(2)15(19)14(9-10-18)17(12)13-7-5-3-4-6-8-13/h12-14,18H,3-11H2,1-2H3. The molecule has 1 heterocycles. The average molecular weight is 268 g/mol. The summed E-state index contributed by atoms with van der Waals surface area (Å²) in [6.45, 7) is 3.13. The Morgan fingerprint density at radius 3 is 2.42 bits per heavy atom. The number of likely N-dealkylation sites (N-methyl/N-ethyl adjacent to an activating group) is 1. The molecule has 1 N–H and O–H groups in total. The normalized spacial score (nSPS) is 31.5. The van der Waals surface area contributed by atoms with Crippen molar-refractivity contribution in [2.24, 2.45) is 0 Å². The van der Waals surface area contributed by atoms with Gasteiger partial charge in [-0.1, -0.05) is 25.7 Å². The van der Waals surface area contributed by atoms with Crippen LogP contribution in [0.4, 0.5) is 0 Å². The van der Waals surface area contributed by atoms with Crippen LogP contribution in [0.15, 0.2) is 0 Å². The van der Waals surface area contributed by atoms with E-state index < -0.39 is 0 Å². The Balaban J connectivity index is 2.14.